The van der Waals surface area contributed by atoms with Gasteiger partial charge in [0.05, 0.1) is 12.2 Å². The number of aromatic nitrogens is 4. The first kappa shape index (κ1) is 12.8. The molecule has 18 heavy (non-hydrogen) atoms. The van der Waals surface area contributed by atoms with Crippen molar-refractivity contribution in [1.82, 2.24) is 19.3 Å². The van der Waals surface area contributed by atoms with Crippen LogP contribution in [0.15, 0.2) is 10.9 Å². The summed E-state index contributed by atoms with van der Waals surface area (Å²) in [6.45, 7) is 5.90. The summed E-state index contributed by atoms with van der Waals surface area (Å²) in [6, 6.07) is 1.52. The van der Waals surface area contributed by atoms with Crippen molar-refractivity contribution in [3.63, 3.8) is 0 Å². The fourth-order valence-corrected chi connectivity index (χ4v) is 2.20. The second-order valence-electron chi connectivity index (χ2n) is 4.35. The predicted octanol–water partition coefficient (Wildman–Crippen LogP) is 1.60. The van der Waals surface area contributed by atoms with Crippen LogP contribution in [-0.2, 0) is 13.6 Å². The summed E-state index contributed by atoms with van der Waals surface area (Å²) < 4.78 is 3.21. The lowest BCUT2D eigenvalue weighted by molar-refractivity contribution is 0.691. The summed E-state index contributed by atoms with van der Waals surface area (Å²) in [4.78, 5) is 16.2. The highest BCUT2D eigenvalue weighted by molar-refractivity contribution is 6.30. The average Bonchev–Trinajstić information content (AvgIpc) is 2.48. The molecule has 2 aromatic rings. The average molecular weight is 267 g/mol. The summed E-state index contributed by atoms with van der Waals surface area (Å²) in [7, 11) is 1.78. The Labute approximate surface area is 110 Å². The van der Waals surface area contributed by atoms with Gasteiger partial charge in [0.25, 0.3) is 5.56 Å². The Morgan fingerprint density at radius 3 is 2.50 bits per heavy atom. The SMILES string of the molecule is Cc1cc(=O)n(Cc2c(C)nn(C)c2Cl)c(C)n1. The molecule has 0 aliphatic carbocycles. The first-order valence-electron chi connectivity index (χ1n) is 5.63. The normalized spacial score (nSPS) is 10.9. The van der Waals surface area contributed by atoms with E-state index in [4.69, 9.17) is 11.6 Å². The zero-order valence-electron chi connectivity index (χ0n) is 10.9. The Morgan fingerprint density at radius 2 is 2.00 bits per heavy atom. The Balaban J connectivity index is 2.50. The summed E-state index contributed by atoms with van der Waals surface area (Å²) in [6.07, 6.45) is 0. The van der Waals surface area contributed by atoms with Crippen molar-refractivity contribution in [2.75, 3.05) is 0 Å². The first-order valence-corrected chi connectivity index (χ1v) is 6.01. The smallest absolute Gasteiger partial charge is 0.254 e. The van der Waals surface area contributed by atoms with Crippen LogP contribution in [0.5, 0.6) is 0 Å². The molecule has 2 rings (SSSR count). The summed E-state index contributed by atoms with van der Waals surface area (Å²) >= 11 is 6.16. The van der Waals surface area contributed by atoms with Crippen LogP contribution in [0.1, 0.15) is 22.8 Å². The van der Waals surface area contributed by atoms with E-state index in [1.165, 1.54) is 6.07 Å². The van der Waals surface area contributed by atoms with Crippen molar-refractivity contribution >= 4 is 11.6 Å². The maximum Gasteiger partial charge on any atom is 0.254 e. The summed E-state index contributed by atoms with van der Waals surface area (Å²) in [5, 5.41) is 4.79. The lowest BCUT2D eigenvalue weighted by Crippen LogP contribution is -2.24. The van der Waals surface area contributed by atoms with Crippen LogP contribution in [0, 0.1) is 20.8 Å². The molecule has 0 amide bonds. The van der Waals surface area contributed by atoms with Gasteiger partial charge in [0, 0.05) is 24.4 Å². The number of aryl methyl sites for hydroxylation is 4. The molecule has 5 nitrogen and oxygen atoms in total. The third kappa shape index (κ3) is 2.18. The van der Waals surface area contributed by atoms with Crippen molar-refractivity contribution in [3.8, 4) is 0 Å². The number of nitrogens with zero attached hydrogens (tertiary/aromatic N) is 4. The van der Waals surface area contributed by atoms with Gasteiger partial charge in [-0.15, -0.1) is 0 Å². The van der Waals surface area contributed by atoms with Gasteiger partial charge in [0.2, 0.25) is 0 Å². The van der Waals surface area contributed by atoms with Gasteiger partial charge in [-0.2, -0.15) is 5.10 Å². The summed E-state index contributed by atoms with van der Waals surface area (Å²) in [5.74, 6) is 0.680. The molecule has 2 heterocycles. The van der Waals surface area contributed by atoms with E-state index in [2.05, 4.69) is 10.1 Å². The number of hydrogen-bond donors (Lipinski definition) is 0. The second-order valence-corrected chi connectivity index (χ2v) is 4.71. The van der Waals surface area contributed by atoms with E-state index in [9.17, 15) is 4.79 Å². The Morgan fingerprint density at radius 1 is 1.33 bits per heavy atom. The molecule has 0 spiro atoms. The molecular weight excluding hydrogens is 252 g/mol. The summed E-state index contributed by atoms with van der Waals surface area (Å²) in [5.41, 5.74) is 2.34. The van der Waals surface area contributed by atoms with Gasteiger partial charge in [-0.3, -0.25) is 14.0 Å². The van der Waals surface area contributed by atoms with Crippen LogP contribution in [0.4, 0.5) is 0 Å². The van der Waals surface area contributed by atoms with E-state index >= 15 is 0 Å². The largest absolute Gasteiger partial charge is 0.292 e. The van der Waals surface area contributed by atoms with Gasteiger partial charge in [0.1, 0.15) is 11.0 Å². The quantitative estimate of drug-likeness (QED) is 0.830. The van der Waals surface area contributed by atoms with Crippen LogP contribution in [-0.4, -0.2) is 19.3 Å². The standard InChI is InChI=1S/C12H15ClN4O/c1-7-5-11(18)17(9(3)14-7)6-10-8(2)15-16(4)12(10)13/h5H,6H2,1-4H3. The van der Waals surface area contributed by atoms with Gasteiger partial charge in [-0.1, -0.05) is 11.6 Å². The fourth-order valence-electron chi connectivity index (χ4n) is 1.97. The second kappa shape index (κ2) is 4.57. The van der Waals surface area contributed by atoms with E-state index in [0.29, 0.717) is 17.5 Å². The molecule has 6 heteroatoms. The van der Waals surface area contributed by atoms with Gasteiger partial charge >= 0.3 is 0 Å². The molecule has 0 saturated heterocycles. The molecule has 0 fully saturated rings. The van der Waals surface area contributed by atoms with Gasteiger partial charge in [-0.25, -0.2) is 4.98 Å². The molecule has 0 saturated carbocycles. The number of rotatable bonds is 2. The van der Waals surface area contributed by atoms with E-state index in [0.717, 1.165) is 17.0 Å². The van der Waals surface area contributed by atoms with E-state index in [1.54, 1.807) is 23.2 Å². The highest BCUT2D eigenvalue weighted by atomic mass is 35.5. The number of halogens is 1. The number of hydrogen-bond acceptors (Lipinski definition) is 3. The van der Waals surface area contributed by atoms with E-state index in [1.807, 2.05) is 13.8 Å². The van der Waals surface area contributed by atoms with Crippen molar-refractivity contribution in [2.24, 2.45) is 7.05 Å². The van der Waals surface area contributed by atoms with Gasteiger partial charge in [-0.05, 0) is 20.8 Å². The molecular formula is C12H15ClN4O. The third-order valence-electron chi connectivity index (χ3n) is 2.91. The van der Waals surface area contributed by atoms with Crippen LogP contribution >= 0.6 is 11.6 Å². The fraction of sp³-hybridized carbons (Fsp3) is 0.417. The van der Waals surface area contributed by atoms with Gasteiger partial charge in [0.15, 0.2) is 0 Å². The molecule has 96 valence electrons. The Kier molecular flexibility index (Phi) is 3.26. The maximum atomic E-state index is 11.9. The first-order chi connectivity index (χ1) is 8.40. The molecule has 0 atom stereocenters. The molecule has 2 aromatic heterocycles. The van der Waals surface area contributed by atoms with Crippen molar-refractivity contribution in [3.05, 3.63) is 44.3 Å². The Hall–Kier alpha value is -1.62. The molecule has 0 aromatic carbocycles. The van der Waals surface area contributed by atoms with Crippen LogP contribution in [0.2, 0.25) is 5.15 Å². The monoisotopic (exact) mass is 266 g/mol. The van der Waals surface area contributed by atoms with Gasteiger partial charge < -0.3 is 0 Å². The third-order valence-corrected chi connectivity index (χ3v) is 3.39. The minimum Gasteiger partial charge on any atom is -0.292 e. The molecule has 0 aliphatic rings. The van der Waals surface area contributed by atoms with Crippen LogP contribution in [0.3, 0.4) is 0 Å². The lowest BCUT2D eigenvalue weighted by atomic mass is 10.2. The molecule has 0 N–H and O–H groups in total. The lowest BCUT2D eigenvalue weighted by Gasteiger charge is -2.09. The zero-order valence-corrected chi connectivity index (χ0v) is 11.6. The Bertz CT molecular complexity index is 657. The maximum absolute atomic E-state index is 11.9. The highest BCUT2D eigenvalue weighted by Gasteiger charge is 2.13. The predicted molar refractivity (Wildman–Crippen MR) is 70.0 cm³/mol. The van der Waals surface area contributed by atoms with Crippen LogP contribution < -0.4 is 5.56 Å². The molecule has 0 bridgehead atoms. The van der Waals surface area contributed by atoms with E-state index < -0.39 is 0 Å². The molecule has 0 aliphatic heterocycles. The van der Waals surface area contributed by atoms with Crippen molar-refractivity contribution < 1.29 is 0 Å². The van der Waals surface area contributed by atoms with E-state index in [-0.39, 0.29) is 5.56 Å². The zero-order chi connectivity index (χ0) is 13.4. The highest BCUT2D eigenvalue weighted by Crippen LogP contribution is 2.19. The van der Waals surface area contributed by atoms with Crippen LogP contribution in [0.25, 0.3) is 0 Å². The minimum absolute atomic E-state index is 0.0701. The van der Waals surface area contributed by atoms with Crippen molar-refractivity contribution in [1.29, 1.82) is 0 Å². The minimum atomic E-state index is -0.0701. The molecule has 0 radical (unpaired) electrons. The molecule has 0 unspecified atom stereocenters. The van der Waals surface area contributed by atoms with Crippen molar-refractivity contribution in [2.45, 2.75) is 27.3 Å². The topological polar surface area (TPSA) is 52.7 Å².